The van der Waals surface area contributed by atoms with Gasteiger partial charge in [-0.2, -0.15) is 0 Å². The van der Waals surface area contributed by atoms with Gasteiger partial charge in [-0.15, -0.1) is 0 Å². The summed E-state index contributed by atoms with van der Waals surface area (Å²) in [5, 5.41) is 0. The van der Waals surface area contributed by atoms with Crippen LogP contribution in [-0.2, 0) is 21.1 Å². The maximum absolute atomic E-state index is 5.34. The second-order valence-electron chi connectivity index (χ2n) is 2.25. The van der Waals surface area contributed by atoms with Crippen molar-refractivity contribution in [1.82, 2.24) is 0 Å². The Hall–Kier alpha value is -0.552. The van der Waals surface area contributed by atoms with Crippen molar-refractivity contribution in [2.45, 2.75) is 0 Å². The van der Waals surface area contributed by atoms with Gasteiger partial charge >= 0.3 is 0 Å². The number of hydrogen-bond donors (Lipinski definition) is 0. The van der Waals surface area contributed by atoms with E-state index in [1.807, 2.05) is 30.3 Å². The average Bonchev–Trinajstić information content (AvgIpc) is 2.05. The van der Waals surface area contributed by atoms with Crippen LogP contribution in [0.2, 0.25) is 0 Å². The topological polar surface area (TPSA) is 9.23 Å². The first-order valence-corrected chi connectivity index (χ1v) is 3.35. The van der Waals surface area contributed by atoms with E-state index in [1.165, 1.54) is 5.56 Å². The Morgan fingerprint density at radius 3 is 2.82 bits per heavy atom. The number of rotatable bonds is 0. The van der Waals surface area contributed by atoms with E-state index in [2.05, 4.69) is 6.08 Å². The third-order valence-electron chi connectivity index (χ3n) is 1.55. The van der Waals surface area contributed by atoms with Gasteiger partial charge in [-0.1, -0.05) is 24.3 Å². The van der Waals surface area contributed by atoms with Crippen LogP contribution >= 0.6 is 0 Å². The van der Waals surface area contributed by atoms with Gasteiger partial charge in [0.1, 0.15) is 12.4 Å². The van der Waals surface area contributed by atoms with Crippen molar-refractivity contribution in [3.8, 4) is 5.75 Å². The van der Waals surface area contributed by atoms with E-state index in [0.717, 1.165) is 5.75 Å². The van der Waals surface area contributed by atoms with E-state index >= 15 is 0 Å². The van der Waals surface area contributed by atoms with Crippen LogP contribution in [0.15, 0.2) is 30.3 Å². The minimum atomic E-state index is 0. The summed E-state index contributed by atoms with van der Waals surface area (Å²) in [4.78, 5) is 0. The maximum atomic E-state index is 5.34. The molecular formula is C9H8OW. The largest absolute Gasteiger partial charge is 0.489 e. The molecule has 0 N–H and O–H groups in total. The number of hydrogen-bond acceptors (Lipinski definition) is 1. The Morgan fingerprint density at radius 2 is 2.00 bits per heavy atom. The SMILES string of the molecule is C1=Cc2ccccc2OC1.[W]. The first-order chi connectivity index (χ1) is 4.97. The fourth-order valence-corrected chi connectivity index (χ4v) is 1.06. The summed E-state index contributed by atoms with van der Waals surface area (Å²) in [7, 11) is 0. The molecule has 0 saturated heterocycles. The van der Waals surface area contributed by atoms with E-state index in [-0.39, 0.29) is 21.1 Å². The van der Waals surface area contributed by atoms with Crippen molar-refractivity contribution < 1.29 is 25.8 Å². The van der Waals surface area contributed by atoms with E-state index in [4.69, 9.17) is 4.74 Å². The molecule has 0 fully saturated rings. The molecule has 0 aromatic heterocycles. The molecule has 11 heavy (non-hydrogen) atoms. The van der Waals surface area contributed by atoms with Crippen molar-refractivity contribution >= 4 is 6.08 Å². The molecule has 1 heterocycles. The summed E-state index contributed by atoms with van der Waals surface area (Å²) < 4.78 is 5.34. The van der Waals surface area contributed by atoms with Gasteiger partial charge in [0.2, 0.25) is 0 Å². The first kappa shape index (κ1) is 8.54. The molecule has 1 nitrogen and oxygen atoms in total. The van der Waals surface area contributed by atoms with Crippen molar-refractivity contribution in [3.63, 3.8) is 0 Å². The third kappa shape index (κ3) is 1.72. The minimum Gasteiger partial charge on any atom is -0.489 e. The Labute approximate surface area is 80.3 Å². The molecule has 0 bridgehead atoms. The standard InChI is InChI=1S/C9H8O.W/c1-2-6-9-8(4-1)5-3-7-10-9;/h1-6H,7H2;. The summed E-state index contributed by atoms with van der Waals surface area (Å²) >= 11 is 0. The second kappa shape index (κ2) is 3.73. The van der Waals surface area contributed by atoms with Gasteiger partial charge in [-0.25, -0.2) is 0 Å². The third-order valence-corrected chi connectivity index (χ3v) is 1.55. The Morgan fingerprint density at radius 1 is 1.18 bits per heavy atom. The van der Waals surface area contributed by atoms with Crippen LogP contribution < -0.4 is 4.74 Å². The molecular weight excluding hydrogens is 308 g/mol. The normalized spacial score (nSPS) is 12.7. The summed E-state index contributed by atoms with van der Waals surface area (Å²) in [6, 6.07) is 8.03. The monoisotopic (exact) mass is 316 g/mol. The number of benzene rings is 1. The van der Waals surface area contributed by atoms with Gasteiger partial charge in [-0.3, -0.25) is 0 Å². The van der Waals surface area contributed by atoms with Crippen LogP contribution in [0.25, 0.3) is 6.08 Å². The van der Waals surface area contributed by atoms with Gasteiger partial charge in [0.25, 0.3) is 0 Å². The zero-order valence-electron chi connectivity index (χ0n) is 5.99. The number of fused-ring (bicyclic) bond motifs is 1. The molecule has 56 valence electrons. The average molecular weight is 316 g/mol. The van der Waals surface area contributed by atoms with Gasteiger partial charge in [0.15, 0.2) is 0 Å². The Bertz CT molecular complexity index is 268. The molecule has 0 unspecified atom stereocenters. The molecule has 0 radical (unpaired) electrons. The maximum Gasteiger partial charge on any atom is 0.126 e. The molecule has 2 rings (SSSR count). The molecule has 1 aliphatic heterocycles. The summed E-state index contributed by atoms with van der Waals surface area (Å²) in [5.74, 6) is 0.991. The Kier molecular flexibility index (Phi) is 2.90. The zero-order chi connectivity index (χ0) is 6.81. The molecule has 0 amide bonds. The van der Waals surface area contributed by atoms with Crippen LogP contribution in [0.1, 0.15) is 5.56 Å². The summed E-state index contributed by atoms with van der Waals surface area (Å²) in [6.07, 6.45) is 4.10. The predicted molar refractivity (Wildman–Crippen MR) is 41.0 cm³/mol. The van der Waals surface area contributed by atoms with E-state index in [0.29, 0.717) is 6.61 Å². The number of para-hydroxylation sites is 1. The zero-order valence-corrected chi connectivity index (χ0v) is 8.92. The van der Waals surface area contributed by atoms with E-state index in [9.17, 15) is 0 Å². The Balaban J connectivity index is 0.000000605. The predicted octanol–water partition coefficient (Wildman–Crippen LogP) is 2.09. The summed E-state index contributed by atoms with van der Waals surface area (Å²) in [6.45, 7) is 0.705. The minimum absolute atomic E-state index is 0. The van der Waals surface area contributed by atoms with Crippen molar-refractivity contribution in [1.29, 1.82) is 0 Å². The van der Waals surface area contributed by atoms with E-state index < -0.39 is 0 Å². The molecule has 1 aromatic rings. The van der Waals surface area contributed by atoms with Gasteiger partial charge in [0, 0.05) is 26.6 Å². The van der Waals surface area contributed by atoms with Gasteiger partial charge < -0.3 is 4.74 Å². The van der Waals surface area contributed by atoms with Gasteiger partial charge in [-0.05, 0) is 12.1 Å². The molecule has 0 saturated carbocycles. The molecule has 0 spiro atoms. The molecule has 0 atom stereocenters. The molecule has 0 aliphatic carbocycles. The fraction of sp³-hybridized carbons (Fsp3) is 0.111. The van der Waals surface area contributed by atoms with Crippen LogP contribution in [0.5, 0.6) is 5.75 Å². The molecule has 2 heteroatoms. The van der Waals surface area contributed by atoms with Crippen molar-refractivity contribution in [3.05, 3.63) is 35.9 Å². The van der Waals surface area contributed by atoms with Crippen molar-refractivity contribution in [2.75, 3.05) is 6.61 Å². The van der Waals surface area contributed by atoms with Crippen LogP contribution in [0, 0.1) is 0 Å². The summed E-state index contributed by atoms with van der Waals surface area (Å²) in [5.41, 5.74) is 1.17. The van der Waals surface area contributed by atoms with Crippen LogP contribution in [0.3, 0.4) is 0 Å². The van der Waals surface area contributed by atoms with Crippen molar-refractivity contribution in [2.24, 2.45) is 0 Å². The first-order valence-electron chi connectivity index (χ1n) is 3.35. The quantitative estimate of drug-likeness (QED) is 0.712. The number of ether oxygens (including phenoxy) is 1. The molecule has 1 aromatic carbocycles. The fourth-order valence-electron chi connectivity index (χ4n) is 1.06. The molecule has 1 aliphatic rings. The van der Waals surface area contributed by atoms with Gasteiger partial charge in [0.05, 0.1) is 0 Å². The van der Waals surface area contributed by atoms with Crippen LogP contribution in [0.4, 0.5) is 0 Å². The van der Waals surface area contributed by atoms with E-state index in [1.54, 1.807) is 0 Å². The van der Waals surface area contributed by atoms with Crippen LogP contribution in [-0.4, -0.2) is 6.61 Å². The second-order valence-corrected chi connectivity index (χ2v) is 2.25. The smallest absolute Gasteiger partial charge is 0.126 e.